The highest BCUT2D eigenvalue weighted by Gasteiger charge is 2.11. The first-order chi connectivity index (χ1) is 6.84. The van der Waals surface area contributed by atoms with Gasteiger partial charge in [-0.25, -0.2) is 0 Å². The molecule has 1 atom stereocenters. The van der Waals surface area contributed by atoms with E-state index in [9.17, 15) is 0 Å². The second-order valence-corrected chi connectivity index (χ2v) is 4.09. The normalized spacial score (nSPS) is 22.5. The maximum absolute atomic E-state index is 2.49. The lowest BCUT2D eigenvalue weighted by Gasteiger charge is -2.26. The molecule has 0 N–H and O–H groups in total. The third-order valence-corrected chi connectivity index (χ3v) is 2.62. The van der Waals surface area contributed by atoms with Crippen molar-refractivity contribution in [3.05, 3.63) is 48.0 Å². The predicted molar refractivity (Wildman–Crippen MR) is 60.0 cm³/mol. The third-order valence-electron chi connectivity index (χ3n) is 2.62. The first-order valence-corrected chi connectivity index (χ1v) is 5.27. The van der Waals surface area contributed by atoms with Gasteiger partial charge in [0, 0.05) is 19.6 Å². The maximum atomic E-state index is 2.49. The SMILES string of the molecule is C[C@@H]1C=CCN(Cc2ccccc2)C1. The quantitative estimate of drug-likeness (QED) is 0.643. The average Bonchev–Trinajstić information content (AvgIpc) is 2.19. The molecule has 0 radical (unpaired) electrons. The van der Waals surface area contributed by atoms with Crippen LogP contribution in [0.15, 0.2) is 42.5 Å². The topological polar surface area (TPSA) is 3.24 Å². The van der Waals surface area contributed by atoms with Gasteiger partial charge in [-0.2, -0.15) is 0 Å². The van der Waals surface area contributed by atoms with Gasteiger partial charge in [-0.15, -0.1) is 0 Å². The van der Waals surface area contributed by atoms with Crippen LogP contribution < -0.4 is 0 Å². The molecule has 1 aliphatic heterocycles. The molecule has 0 unspecified atom stereocenters. The molecular weight excluding hydrogens is 170 g/mol. The summed E-state index contributed by atoms with van der Waals surface area (Å²) in [7, 11) is 0. The van der Waals surface area contributed by atoms with Crippen molar-refractivity contribution >= 4 is 0 Å². The molecule has 14 heavy (non-hydrogen) atoms. The molecule has 74 valence electrons. The molecule has 0 spiro atoms. The van der Waals surface area contributed by atoms with E-state index in [1.807, 2.05) is 0 Å². The van der Waals surface area contributed by atoms with E-state index in [0.29, 0.717) is 5.92 Å². The Labute approximate surface area is 86.1 Å². The molecule has 0 aliphatic carbocycles. The lowest BCUT2D eigenvalue weighted by molar-refractivity contribution is 0.258. The highest BCUT2D eigenvalue weighted by molar-refractivity contribution is 5.15. The van der Waals surface area contributed by atoms with E-state index < -0.39 is 0 Å². The van der Waals surface area contributed by atoms with Crippen molar-refractivity contribution in [1.29, 1.82) is 0 Å². The molecule has 1 nitrogen and oxygen atoms in total. The molecule has 0 saturated heterocycles. The molecule has 1 aromatic carbocycles. The van der Waals surface area contributed by atoms with Gasteiger partial charge in [-0.05, 0) is 11.5 Å². The molecule has 1 heteroatoms. The fraction of sp³-hybridized carbons (Fsp3) is 0.385. The van der Waals surface area contributed by atoms with Crippen molar-refractivity contribution in [2.45, 2.75) is 13.5 Å². The minimum Gasteiger partial charge on any atom is -0.295 e. The molecule has 0 saturated carbocycles. The van der Waals surface area contributed by atoms with Crippen molar-refractivity contribution in [2.75, 3.05) is 13.1 Å². The van der Waals surface area contributed by atoms with E-state index in [4.69, 9.17) is 0 Å². The van der Waals surface area contributed by atoms with Gasteiger partial charge in [0.05, 0.1) is 0 Å². The fourth-order valence-corrected chi connectivity index (χ4v) is 1.96. The van der Waals surface area contributed by atoms with Crippen LogP contribution in [0.3, 0.4) is 0 Å². The molecule has 2 rings (SSSR count). The van der Waals surface area contributed by atoms with Crippen LogP contribution in [0.2, 0.25) is 0 Å². The van der Waals surface area contributed by atoms with Crippen LogP contribution in [0.4, 0.5) is 0 Å². The minimum atomic E-state index is 0.701. The summed E-state index contributed by atoms with van der Waals surface area (Å²) in [6, 6.07) is 10.7. The van der Waals surface area contributed by atoms with Crippen molar-refractivity contribution in [1.82, 2.24) is 4.90 Å². The lowest BCUT2D eigenvalue weighted by Crippen LogP contribution is -2.30. The van der Waals surface area contributed by atoms with E-state index in [2.05, 4.69) is 54.3 Å². The molecule has 0 fully saturated rings. The second kappa shape index (κ2) is 4.43. The van der Waals surface area contributed by atoms with E-state index in [-0.39, 0.29) is 0 Å². The Bertz CT molecular complexity index is 302. The van der Waals surface area contributed by atoms with E-state index in [1.165, 1.54) is 12.1 Å². The van der Waals surface area contributed by atoms with Gasteiger partial charge in [0.15, 0.2) is 0 Å². The Balaban J connectivity index is 1.96. The summed E-state index contributed by atoms with van der Waals surface area (Å²) in [5, 5.41) is 0. The molecule has 0 bridgehead atoms. The first-order valence-electron chi connectivity index (χ1n) is 5.27. The second-order valence-electron chi connectivity index (χ2n) is 4.09. The Morgan fingerprint density at radius 1 is 1.29 bits per heavy atom. The number of hydrogen-bond donors (Lipinski definition) is 0. The summed E-state index contributed by atoms with van der Waals surface area (Å²) < 4.78 is 0. The smallest absolute Gasteiger partial charge is 0.0237 e. The Morgan fingerprint density at radius 3 is 2.79 bits per heavy atom. The van der Waals surface area contributed by atoms with Gasteiger partial charge < -0.3 is 0 Å². The third kappa shape index (κ3) is 2.46. The average molecular weight is 187 g/mol. The van der Waals surface area contributed by atoms with Gasteiger partial charge in [0.2, 0.25) is 0 Å². The number of hydrogen-bond acceptors (Lipinski definition) is 1. The van der Waals surface area contributed by atoms with E-state index >= 15 is 0 Å². The summed E-state index contributed by atoms with van der Waals surface area (Å²) in [6.07, 6.45) is 4.58. The van der Waals surface area contributed by atoms with E-state index in [1.54, 1.807) is 0 Å². The van der Waals surface area contributed by atoms with Crippen LogP contribution in [0, 0.1) is 5.92 Å². The molecule has 0 amide bonds. The largest absolute Gasteiger partial charge is 0.295 e. The fourth-order valence-electron chi connectivity index (χ4n) is 1.96. The highest BCUT2D eigenvalue weighted by atomic mass is 15.1. The van der Waals surface area contributed by atoms with Gasteiger partial charge in [0.1, 0.15) is 0 Å². The maximum Gasteiger partial charge on any atom is 0.0237 e. The van der Waals surface area contributed by atoms with Crippen LogP contribution in [-0.2, 0) is 6.54 Å². The Hall–Kier alpha value is -1.08. The summed E-state index contributed by atoms with van der Waals surface area (Å²) in [5.41, 5.74) is 1.41. The number of benzene rings is 1. The van der Waals surface area contributed by atoms with Crippen LogP contribution in [0.25, 0.3) is 0 Å². The summed E-state index contributed by atoms with van der Waals surface area (Å²) in [5.74, 6) is 0.701. The predicted octanol–water partition coefficient (Wildman–Crippen LogP) is 2.69. The van der Waals surface area contributed by atoms with Crippen molar-refractivity contribution in [3.63, 3.8) is 0 Å². The molecule has 1 aliphatic rings. The van der Waals surface area contributed by atoms with Gasteiger partial charge >= 0.3 is 0 Å². The van der Waals surface area contributed by atoms with Crippen LogP contribution in [0.1, 0.15) is 12.5 Å². The van der Waals surface area contributed by atoms with Crippen molar-refractivity contribution < 1.29 is 0 Å². The van der Waals surface area contributed by atoms with Crippen LogP contribution >= 0.6 is 0 Å². The summed E-state index contributed by atoms with van der Waals surface area (Å²) in [6.45, 7) is 5.63. The number of rotatable bonds is 2. The van der Waals surface area contributed by atoms with Crippen molar-refractivity contribution in [3.8, 4) is 0 Å². The Kier molecular flexibility index (Phi) is 3.00. The summed E-state index contributed by atoms with van der Waals surface area (Å²) in [4.78, 5) is 2.49. The van der Waals surface area contributed by atoms with Crippen molar-refractivity contribution in [2.24, 2.45) is 5.92 Å². The molecular formula is C13H17N. The molecule has 1 aromatic rings. The zero-order valence-electron chi connectivity index (χ0n) is 8.69. The van der Waals surface area contributed by atoms with Gasteiger partial charge in [0.25, 0.3) is 0 Å². The number of nitrogens with zero attached hydrogens (tertiary/aromatic N) is 1. The lowest BCUT2D eigenvalue weighted by atomic mass is 10.1. The monoisotopic (exact) mass is 187 g/mol. The molecule has 0 aromatic heterocycles. The van der Waals surface area contributed by atoms with Gasteiger partial charge in [-0.1, -0.05) is 49.4 Å². The standard InChI is InChI=1S/C13H17N/c1-12-6-5-9-14(10-12)11-13-7-3-2-4-8-13/h2-8,12H,9-11H2,1H3/t12-/m1/s1. The van der Waals surface area contributed by atoms with Crippen LogP contribution in [-0.4, -0.2) is 18.0 Å². The zero-order chi connectivity index (χ0) is 9.80. The summed E-state index contributed by atoms with van der Waals surface area (Å²) >= 11 is 0. The van der Waals surface area contributed by atoms with Crippen LogP contribution in [0.5, 0.6) is 0 Å². The Morgan fingerprint density at radius 2 is 2.07 bits per heavy atom. The highest BCUT2D eigenvalue weighted by Crippen LogP contribution is 2.11. The van der Waals surface area contributed by atoms with Gasteiger partial charge in [-0.3, -0.25) is 4.90 Å². The first kappa shape index (κ1) is 9.47. The molecule has 1 heterocycles. The zero-order valence-corrected chi connectivity index (χ0v) is 8.69. The van der Waals surface area contributed by atoms with E-state index in [0.717, 1.165) is 13.1 Å². The minimum absolute atomic E-state index is 0.701.